The van der Waals surface area contributed by atoms with Crippen LogP contribution in [0.5, 0.6) is 5.75 Å². The lowest BCUT2D eigenvalue weighted by atomic mass is 10.1. The Morgan fingerprint density at radius 2 is 1.63 bits per heavy atom. The quantitative estimate of drug-likeness (QED) is 0.567. The molecule has 0 aliphatic carbocycles. The van der Waals surface area contributed by atoms with Crippen LogP contribution in [0.2, 0.25) is 0 Å². The molecule has 0 saturated heterocycles. The van der Waals surface area contributed by atoms with Crippen LogP contribution in [0.3, 0.4) is 0 Å². The van der Waals surface area contributed by atoms with Crippen LogP contribution in [0.15, 0.2) is 83.8 Å². The van der Waals surface area contributed by atoms with Crippen LogP contribution in [-0.4, -0.2) is 20.4 Å². The maximum absolute atomic E-state index is 12.5. The number of rotatable bonds is 8. The van der Waals surface area contributed by atoms with Gasteiger partial charge in [0.2, 0.25) is 0 Å². The summed E-state index contributed by atoms with van der Waals surface area (Å²) >= 11 is 0. The molecule has 0 spiro atoms. The standard InChI is InChI=1S/C23H24N2O4S/c1-17(2)29-21-13-11-18(12-14-21)16-24-23(26)19-7-6-8-20(15-19)25-30(27,28)22-9-4-3-5-10-22/h3-15,17,25H,16H2,1-2H3,(H,24,26). The van der Waals surface area contributed by atoms with Crippen LogP contribution < -0.4 is 14.8 Å². The molecule has 3 aromatic rings. The second kappa shape index (κ2) is 9.45. The van der Waals surface area contributed by atoms with Gasteiger partial charge in [0.1, 0.15) is 5.75 Å². The molecule has 0 radical (unpaired) electrons. The van der Waals surface area contributed by atoms with Gasteiger partial charge in [-0.2, -0.15) is 0 Å². The second-order valence-electron chi connectivity index (χ2n) is 6.99. The summed E-state index contributed by atoms with van der Waals surface area (Å²) < 4.78 is 33.0. The number of anilines is 1. The maximum Gasteiger partial charge on any atom is 0.261 e. The monoisotopic (exact) mass is 424 g/mol. The van der Waals surface area contributed by atoms with E-state index in [9.17, 15) is 13.2 Å². The Bertz CT molecular complexity index is 1100. The Morgan fingerprint density at radius 1 is 0.933 bits per heavy atom. The van der Waals surface area contributed by atoms with Gasteiger partial charge in [-0.15, -0.1) is 0 Å². The van der Waals surface area contributed by atoms with Gasteiger partial charge in [0, 0.05) is 17.8 Å². The smallest absolute Gasteiger partial charge is 0.261 e. The average Bonchev–Trinajstić information content (AvgIpc) is 2.73. The molecule has 0 bridgehead atoms. The third-order valence-electron chi connectivity index (χ3n) is 4.18. The molecular formula is C23H24N2O4S. The molecule has 156 valence electrons. The summed E-state index contributed by atoms with van der Waals surface area (Å²) in [5.41, 5.74) is 1.62. The summed E-state index contributed by atoms with van der Waals surface area (Å²) in [6, 6.07) is 22.0. The SMILES string of the molecule is CC(C)Oc1ccc(CNC(=O)c2cccc(NS(=O)(=O)c3ccccc3)c2)cc1. The number of nitrogens with one attached hydrogen (secondary N) is 2. The van der Waals surface area contributed by atoms with Crippen molar-refractivity contribution in [1.29, 1.82) is 0 Å². The summed E-state index contributed by atoms with van der Waals surface area (Å²) in [7, 11) is -3.72. The zero-order chi connectivity index (χ0) is 21.6. The minimum absolute atomic E-state index is 0.0992. The highest BCUT2D eigenvalue weighted by molar-refractivity contribution is 7.92. The predicted octanol–water partition coefficient (Wildman–Crippen LogP) is 4.20. The van der Waals surface area contributed by atoms with Crippen LogP contribution in [0.4, 0.5) is 5.69 Å². The normalized spacial score (nSPS) is 11.2. The van der Waals surface area contributed by atoms with Gasteiger partial charge in [0.15, 0.2) is 0 Å². The topological polar surface area (TPSA) is 84.5 Å². The lowest BCUT2D eigenvalue weighted by molar-refractivity contribution is 0.0951. The van der Waals surface area contributed by atoms with Crippen molar-refractivity contribution in [1.82, 2.24) is 5.32 Å². The largest absolute Gasteiger partial charge is 0.491 e. The van der Waals surface area contributed by atoms with E-state index in [1.807, 2.05) is 38.1 Å². The van der Waals surface area contributed by atoms with Crippen molar-refractivity contribution in [3.05, 3.63) is 90.0 Å². The highest BCUT2D eigenvalue weighted by Gasteiger charge is 2.14. The van der Waals surface area contributed by atoms with Gasteiger partial charge in [-0.3, -0.25) is 9.52 Å². The second-order valence-corrected chi connectivity index (χ2v) is 8.67. The number of ether oxygens (including phenoxy) is 1. The molecule has 7 heteroatoms. The molecule has 2 N–H and O–H groups in total. The first kappa shape index (κ1) is 21.4. The Kier molecular flexibility index (Phi) is 6.74. The molecular weight excluding hydrogens is 400 g/mol. The van der Waals surface area contributed by atoms with E-state index in [1.54, 1.807) is 36.4 Å². The summed E-state index contributed by atoms with van der Waals surface area (Å²) in [4.78, 5) is 12.7. The molecule has 0 heterocycles. The molecule has 6 nitrogen and oxygen atoms in total. The summed E-state index contributed by atoms with van der Waals surface area (Å²) in [5.74, 6) is 0.483. The van der Waals surface area contributed by atoms with Gasteiger partial charge < -0.3 is 10.1 Å². The van der Waals surface area contributed by atoms with Crippen LogP contribution in [0, 0.1) is 0 Å². The zero-order valence-electron chi connectivity index (χ0n) is 16.8. The number of sulfonamides is 1. The molecule has 0 fully saturated rings. The van der Waals surface area contributed by atoms with Gasteiger partial charge >= 0.3 is 0 Å². The number of hydrogen-bond donors (Lipinski definition) is 2. The van der Waals surface area contributed by atoms with E-state index in [0.717, 1.165) is 11.3 Å². The number of carbonyl (C=O) groups is 1. The fourth-order valence-electron chi connectivity index (χ4n) is 2.78. The molecule has 3 aromatic carbocycles. The van der Waals surface area contributed by atoms with Crippen molar-refractivity contribution >= 4 is 21.6 Å². The predicted molar refractivity (Wildman–Crippen MR) is 117 cm³/mol. The first-order valence-electron chi connectivity index (χ1n) is 9.55. The van der Waals surface area contributed by atoms with Gasteiger partial charge in [-0.1, -0.05) is 36.4 Å². The number of benzene rings is 3. The zero-order valence-corrected chi connectivity index (χ0v) is 17.6. The van der Waals surface area contributed by atoms with Gasteiger partial charge in [0.25, 0.3) is 15.9 Å². The van der Waals surface area contributed by atoms with Crippen molar-refractivity contribution < 1.29 is 17.9 Å². The van der Waals surface area contributed by atoms with Crippen LogP contribution in [0.25, 0.3) is 0 Å². The molecule has 30 heavy (non-hydrogen) atoms. The minimum Gasteiger partial charge on any atom is -0.491 e. The van der Waals surface area contributed by atoms with Crippen LogP contribution in [-0.2, 0) is 16.6 Å². The Morgan fingerprint density at radius 3 is 2.30 bits per heavy atom. The van der Waals surface area contributed by atoms with Crippen molar-refractivity contribution in [2.75, 3.05) is 4.72 Å². The van der Waals surface area contributed by atoms with E-state index in [1.165, 1.54) is 18.2 Å². The maximum atomic E-state index is 12.5. The first-order valence-corrected chi connectivity index (χ1v) is 11.0. The Labute approximate surface area is 177 Å². The number of amides is 1. The summed E-state index contributed by atoms with van der Waals surface area (Å²) in [6.45, 7) is 4.27. The third kappa shape index (κ3) is 5.84. The molecule has 0 saturated carbocycles. The molecule has 0 aromatic heterocycles. The van der Waals surface area contributed by atoms with Crippen molar-refractivity contribution in [3.63, 3.8) is 0 Å². The highest BCUT2D eigenvalue weighted by atomic mass is 32.2. The van der Waals surface area contributed by atoms with E-state index >= 15 is 0 Å². The van der Waals surface area contributed by atoms with Gasteiger partial charge in [-0.25, -0.2) is 8.42 Å². The lowest BCUT2D eigenvalue weighted by Crippen LogP contribution is -2.23. The molecule has 1 amide bonds. The van der Waals surface area contributed by atoms with Crippen LogP contribution >= 0.6 is 0 Å². The van der Waals surface area contributed by atoms with Crippen LogP contribution in [0.1, 0.15) is 29.8 Å². The average molecular weight is 425 g/mol. The van der Waals surface area contributed by atoms with E-state index in [-0.39, 0.29) is 16.9 Å². The fraction of sp³-hybridized carbons (Fsp3) is 0.174. The Hall–Kier alpha value is -3.32. The van der Waals surface area contributed by atoms with Gasteiger partial charge in [0.05, 0.1) is 11.0 Å². The molecule has 0 aliphatic heterocycles. The van der Waals surface area contributed by atoms with Gasteiger partial charge in [-0.05, 0) is 61.9 Å². The summed E-state index contributed by atoms with van der Waals surface area (Å²) in [5, 5.41) is 2.84. The Balaban J connectivity index is 1.63. The molecule has 0 atom stereocenters. The minimum atomic E-state index is -3.72. The number of carbonyl (C=O) groups excluding carboxylic acids is 1. The summed E-state index contributed by atoms with van der Waals surface area (Å²) in [6.07, 6.45) is 0.0992. The molecule has 3 rings (SSSR count). The lowest BCUT2D eigenvalue weighted by Gasteiger charge is -2.11. The first-order chi connectivity index (χ1) is 14.3. The fourth-order valence-corrected chi connectivity index (χ4v) is 3.85. The van der Waals surface area contributed by atoms with E-state index in [4.69, 9.17) is 4.74 Å². The van der Waals surface area contributed by atoms with Crippen molar-refractivity contribution in [2.24, 2.45) is 0 Å². The molecule has 0 aliphatic rings. The highest BCUT2D eigenvalue weighted by Crippen LogP contribution is 2.18. The van der Waals surface area contributed by atoms with Crippen molar-refractivity contribution in [2.45, 2.75) is 31.4 Å². The third-order valence-corrected chi connectivity index (χ3v) is 5.58. The van der Waals surface area contributed by atoms with E-state index < -0.39 is 10.0 Å². The van der Waals surface area contributed by atoms with E-state index in [2.05, 4.69) is 10.0 Å². The van der Waals surface area contributed by atoms with Crippen molar-refractivity contribution in [3.8, 4) is 5.75 Å². The molecule has 0 unspecified atom stereocenters. The van der Waals surface area contributed by atoms with E-state index in [0.29, 0.717) is 17.8 Å². The number of hydrogen-bond acceptors (Lipinski definition) is 4.